The van der Waals surface area contributed by atoms with Crippen molar-refractivity contribution in [2.75, 3.05) is 10.6 Å². The van der Waals surface area contributed by atoms with Crippen LogP contribution in [0.2, 0.25) is 0 Å². The molecule has 3 heteroatoms. The van der Waals surface area contributed by atoms with Gasteiger partial charge in [0.05, 0.1) is 0 Å². The Morgan fingerprint density at radius 3 is 2.24 bits per heavy atom. The van der Waals surface area contributed by atoms with Crippen LogP contribution in [-0.2, 0) is 0 Å². The highest BCUT2D eigenvalue weighted by molar-refractivity contribution is 7.80. The van der Waals surface area contributed by atoms with Crippen molar-refractivity contribution in [1.82, 2.24) is 0 Å². The van der Waals surface area contributed by atoms with E-state index in [1.54, 1.807) is 0 Å². The van der Waals surface area contributed by atoms with Gasteiger partial charge in [-0.15, -0.1) is 0 Å². The first-order chi connectivity index (χ1) is 9.95. The molecule has 0 fully saturated rings. The van der Waals surface area contributed by atoms with E-state index in [0.717, 1.165) is 11.4 Å². The highest BCUT2D eigenvalue weighted by Gasteiger charge is 2.03. The van der Waals surface area contributed by atoms with Crippen LogP contribution in [0.5, 0.6) is 0 Å². The van der Waals surface area contributed by atoms with E-state index in [1.165, 1.54) is 16.7 Å². The van der Waals surface area contributed by atoms with Gasteiger partial charge >= 0.3 is 0 Å². The smallest absolute Gasteiger partial charge is 0.175 e. The second-order valence-electron chi connectivity index (χ2n) is 5.67. The standard InChI is InChI=1S/C18H22N2S/c1-12(2)15-7-9-16(10-8-15)19-18(21)20-17-11-13(3)5-6-14(17)4/h5-12H,1-4H3,(H2,19,20,21). The topological polar surface area (TPSA) is 24.1 Å². The fourth-order valence-electron chi connectivity index (χ4n) is 2.11. The Kier molecular flexibility index (Phi) is 4.97. The number of aryl methyl sites for hydroxylation is 2. The van der Waals surface area contributed by atoms with Crippen molar-refractivity contribution in [2.24, 2.45) is 0 Å². The summed E-state index contributed by atoms with van der Waals surface area (Å²) in [6.45, 7) is 8.53. The molecule has 0 aliphatic rings. The molecule has 21 heavy (non-hydrogen) atoms. The van der Waals surface area contributed by atoms with E-state index in [4.69, 9.17) is 12.2 Å². The quantitative estimate of drug-likeness (QED) is 0.758. The van der Waals surface area contributed by atoms with Gasteiger partial charge in [0, 0.05) is 11.4 Å². The predicted molar refractivity (Wildman–Crippen MR) is 96.3 cm³/mol. The fraction of sp³-hybridized carbons (Fsp3) is 0.278. The van der Waals surface area contributed by atoms with Gasteiger partial charge < -0.3 is 10.6 Å². The van der Waals surface area contributed by atoms with Gasteiger partial charge in [-0.05, 0) is 66.9 Å². The van der Waals surface area contributed by atoms with Gasteiger partial charge in [-0.3, -0.25) is 0 Å². The molecule has 0 bridgehead atoms. The summed E-state index contributed by atoms with van der Waals surface area (Å²) < 4.78 is 0. The summed E-state index contributed by atoms with van der Waals surface area (Å²) in [7, 11) is 0. The Hall–Kier alpha value is -1.87. The first kappa shape index (κ1) is 15.5. The number of nitrogens with one attached hydrogen (secondary N) is 2. The van der Waals surface area contributed by atoms with Crippen molar-refractivity contribution in [3.05, 3.63) is 59.2 Å². The summed E-state index contributed by atoms with van der Waals surface area (Å²) in [6, 6.07) is 14.7. The molecule has 0 aliphatic carbocycles. The molecule has 2 rings (SSSR count). The normalized spacial score (nSPS) is 10.5. The molecule has 0 amide bonds. The number of thiocarbonyl (C=S) groups is 1. The minimum atomic E-state index is 0.541. The summed E-state index contributed by atoms with van der Waals surface area (Å²) in [5, 5.41) is 7.09. The maximum atomic E-state index is 5.38. The van der Waals surface area contributed by atoms with E-state index >= 15 is 0 Å². The third-order valence-corrected chi connectivity index (χ3v) is 3.68. The average Bonchev–Trinajstić information content (AvgIpc) is 2.43. The summed E-state index contributed by atoms with van der Waals surface area (Å²) in [4.78, 5) is 0. The predicted octanol–water partition coefficient (Wildman–Crippen LogP) is 5.24. The van der Waals surface area contributed by atoms with Crippen LogP contribution in [0.3, 0.4) is 0 Å². The SMILES string of the molecule is Cc1ccc(C)c(NC(=S)Nc2ccc(C(C)C)cc2)c1. The number of anilines is 2. The van der Waals surface area contributed by atoms with E-state index in [-0.39, 0.29) is 0 Å². The Morgan fingerprint density at radius 2 is 1.62 bits per heavy atom. The zero-order chi connectivity index (χ0) is 15.4. The van der Waals surface area contributed by atoms with Gasteiger partial charge in [0.25, 0.3) is 0 Å². The van der Waals surface area contributed by atoms with E-state index < -0.39 is 0 Å². The van der Waals surface area contributed by atoms with E-state index in [1.807, 2.05) is 0 Å². The molecule has 0 spiro atoms. The lowest BCUT2D eigenvalue weighted by Gasteiger charge is -2.14. The maximum absolute atomic E-state index is 5.38. The Bertz CT molecular complexity index is 630. The van der Waals surface area contributed by atoms with Crippen LogP contribution in [0.15, 0.2) is 42.5 Å². The van der Waals surface area contributed by atoms with Crippen LogP contribution >= 0.6 is 12.2 Å². The lowest BCUT2D eigenvalue weighted by atomic mass is 10.0. The number of hydrogen-bond acceptors (Lipinski definition) is 1. The molecule has 0 heterocycles. The van der Waals surface area contributed by atoms with Gasteiger partial charge in [0.2, 0.25) is 0 Å². The monoisotopic (exact) mass is 298 g/mol. The average molecular weight is 298 g/mol. The van der Waals surface area contributed by atoms with Crippen LogP contribution in [0, 0.1) is 13.8 Å². The summed E-state index contributed by atoms with van der Waals surface area (Å²) in [5.74, 6) is 0.541. The number of rotatable bonds is 3. The lowest BCUT2D eigenvalue weighted by Crippen LogP contribution is -2.19. The van der Waals surface area contributed by atoms with Crippen LogP contribution < -0.4 is 10.6 Å². The van der Waals surface area contributed by atoms with Gasteiger partial charge in [-0.1, -0.05) is 38.1 Å². The second kappa shape index (κ2) is 6.72. The molecule has 0 aromatic heterocycles. The molecular formula is C18H22N2S. The highest BCUT2D eigenvalue weighted by atomic mass is 32.1. The number of hydrogen-bond donors (Lipinski definition) is 2. The van der Waals surface area contributed by atoms with Crippen LogP contribution in [0.25, 0.3) is 0 Å². The van der Waals surface area contributed by atoms with Crippen LogP contribution in [0.4, 0.5) is 11.4 Å². The molecule has 2 nitrogen and oxygen atoms in total. The number of benzene rings is 2. The van der Waals surface area contributed by atoms with Crippen LogP contribution in [0.1, 0.15) is 36.5 Å². The minimum absolute atomic E-state index is 0.541. The molecule has 0 unspecified atom stereocenters. The Balaban J connectivity index is 2.03. The van der Waals surface area contributed by atoms with Gasteiger partial charge in [-0.25, -0.2) is 0 Å². The molecule has 2 N–H and O–H groups in total. The maximum Gasteiger partial charge on any atom is 0.175 e. The molecule has 0 aliphatic heterocycles. The zero-order valence-corrected chi connectivity index (χ0v) is 13.8. The van der Waals surface area contributed by atoms with Crippen molar-refractivity contribution in [3.63, 3.8) is 0 Å². The molecule has 2 aromatic carbocycles. The van der Waals surface area contributed by atoms with Crippen molar-refractivity contribution in [2.45, 2.75) is 33.6 Å². The molecule has 0 atom stereocenters. The summed E-state index contributed by atoms with van der Waals surface area (Å²) >= 11 is 5.38. The van der Waals surface area contributed by atoms with Crippen LogP contribution in [-0.4, -0.2) is 5.11 Å². The first-order valence-electron chi connectivity index (χ1n) is 7.21. The van der Waals surface area contributed by atoms with Gasteiger partial charge in [-0.2, -0.15) is 0 Å². The van der Waals surface area contributed by atoms with E-state index in [2.05, 4.69) is 80.8 Å². The van der Waals surface area contributed by atoms with Crippen molar-refractivity contribution >= 4 is 28.7 Å². The second-order valence-corrected chi connectivity index (χ2v) is 6.08. The molecule has 0 saturated carbocycles. The van der Waals surface area contributed by atoms with E-state index in [9.17, 15) is 0 Å². The van der Waals surface area contributed by atoms with E-state index in [0.29, 0.717) is 11.0 Å². The van der Waals surface area contributed by atoms with Crippen molar-refractivity contribution < 1.29 is 0 Å². The summed E-state index contributed by atoms with van der Waals surface area (Å²) in [5.41, 5.74) is 5.77. The third-order valence-electron chi connectivity index (χ3n) is 3.48. The first-order valence-corrected chi connectivity index (χ1v) is 7.62. The third kappa shape index (κ3) is 4.30. The molecule has 0 saturated heterocycles. The Morgan fingerprint density at radius 1 is 0.952 bits per heavy atom. The molecular weight excluding hydrogens is 276 g/mol. The highest BCUT2D eigenvalue weighted by Crippen LogP contribution is 2.19. The fourth-order valence-corrected chi connectivity index (χ4v) is 2.33. The van der Waals surface area contributed by atoms with Crippen molar-refractivity contribution in [3.8, 4) is 0 Å². The Labute approximate surface area is 132 Å². The molecule has 2 aromatic rings. The molecule has 110 valence electrons. The minimum Gasteiger partial charge on any atom is -0.332 e. The molecule has 0 radical (unpaired) electrons. The van der Waals surface area contributed by atoms with Crippen molar-refractivity contribution in [1.29, 1.82) is 0 Å². The largest absolute Gasteiger partial charge is 0.332 e. The summed E-state index contributed by atoms with van der Waals surface area (Å²) in [6.07, 6.45) is 0. The van der Waals surface area contributed by atoms with Gasteiger partial charge in [0.15, 0.2) is 5.11 Å². The lowest BCUT2D eigenvalue weighted by molar-refractivity contribution is 0.867. The zero-order valence-electron chi connectivity index (χ0n) is 13.0. The van der Waals surface area contributed by atoms with Gasteiger partial charge in [0.1, 0.15) is 0 Å².